The fourth-order valence-electron chi connectivity index (χ4n) is 3.59. The van der Waals surface area contributed by atoms with Crippen molar-refractivity contribution in [3.8, 4) is 0 Å². The summed E-state index contributed by atoms with van der Waals surface area (Å²) in [6, 6.07) is 8.76. The zero-order valence-corrected chi connectivity index (χ0v) is 10.5. The Morgan fingerprint density at radius 3 is 2.94 bits per heavy atom. The number of carbonyl (C=O) groups excluding carboxylic acids is 1. The van der Waals surface area contributed by atoms with Crippen LogP contribution >= 0.6 is 0 Å². The first-order valence-corrected chi connectivity index (χ1v) is 6.63. The van der Waals surface area contributed by atoms with Crippen molar-refractivity contribution >= 4 is 16.8 Å². The van der Waals surface area contributed by atoms with E-state index in [1.165, 1.54) is 16.6 Å². The minimum Gasteiger partial charge on any atom is -0.298 e. The van der Waals surface area contributed by atoms with E-state index in [1.54, 1.807) is 0 Å². The second-order valence-corrected chi connectivity index (χ2v) is 5.40. The lowest BCUT2D eigenvalue weighted by molar-refractivity contribution is 0.0833. The molecule has 1 unspecified atom stereocenters. The number of carbonyl (C=O) groups is 1. The SMILES string of the molecule is CN1CCc2c3n(c4ccccc24)C(=O)CCC31. The van der Waals surface area contributed by atoms with Crippen LogP contribution in [0.2, 0.25) is 0 Å². The molecular formula is C15H16N2O. The van der Waals surface area contributed by atoms with Gasteiger partial charge in [-0.25, -0.2) is 0 Å². The third-order valence-corrected chi connectivity index (χ3v) is 4.46. The van der Waals surface area contributed by atoms with Gasteiger partial charge in [-0.15, -0.1) is 0 Å². The summed E-state index contributed by atoms with van der Waals surface area (Å²) < 4.78 is 1.98. The van der Waals surface area contributed by atoms with Gasteiger partial charge in [0.2, 0.25) is 5.91 Å². The van der Waals surface area contributed by atoms with E-state index in [2.05, 4.69) is 30.1 Å². The minimum atomic E-state index is 0.263. The van der Waals surface area contributed by atoms with E-state index in [4.69, 9.17) is 0 Å². The molecule has 2 aromatic rings. The average Bonchev–Trinajstić information content (AvgIpc) is 2.72. The highest BCUT2D eigenvalue weighted by molar-refractivity contribution is 5.97. The number of likely N-dealkylation sites (N-methyl/N-ethyl adjacent to an activating group) is 1. The highest BCUT2D eigenvalue weighted by Crippen LogP contribution is 2.41. The molecule has 0 spiro atoms. The Hall–Kier alpha value is -1.61. The zero-order valence-electron chi connectivity index (χ0n) is 10.5. The molecule has 0 N–H and O–H groups in total. The van der Waals surface area contributed by atoms with E-state index < -0.39 is 0 Å². The van der Waals surface area contributed by atoms with E-state index in [0.29, 0.717) is 12.5 Å². The Bertz CT molecular complexity index is 656. The van der Waals surface area contributed by atoms with Gasteiger partial charge >= 0.3 is 0 Å². The zero-order chi connectivity index (χ0) is 12.3. The summed E-state index contributed by atoms with van der Waals surface area (Å²) >= 11 is 0. The molecule has 2 aliphatic heterocycles. The largest absolute Gasteiger partial charge is 0.298 e. The van der Waals surface area contributed by atoms with E-state index in [-0.39, 0.29) is 5.91 Å². The molecule has 3 heterocycles. The van der Waals surface area contributed by atoms with Crippen molar-refractivity contribution in [2.24, 2.45) is 0 Å². The van der Waals surface area contributed by atoms with Crippen molar-refractivity contribution in [3.05, 3.63) is 35.5 Å². The first kappa shape index (κ1) is 10.3. The van der Waals surface area contributed by atoms with Crippen LogP contribution < -0.4 is 0 Å². The van der Waals surface area contributed by atoms with Gasteiger partial charge in [0.05, 0.1) is 11.6 Å². The molecular weight excluding hydrogens is 224 g/mol. The molecule has 0 aliphatic carbocycles. The lowest BCUT2D eigenvalue weighted by atomic mass is 9.93. The second-order valence-electron chi connectivity index (χ2n) is 5.40. The second kappa shape index (κ2) is 3.45. The quantitative estimate of drug-likeness (QED) is 0.707. The molecule has 0 radical (unpaired) electrons. The van der Waals surface area contributed by atoms with Crippen LogP contribution in [0.25, 0.3) is 10.9 Å². The predicted molar refractivity (Wildman–Crippen MR) is 70.9 cm³/mol. The molecule has 4 rings (SSSR count). The summed E-state index contributed by atoms with van der Waals surface area (Å²) in [5, 5.41) is 1.28. The maximum absolute atomic E-state index is 12.2. The van der Waals surface area contributed by atoms with Crippen molar-refractivity contribution < 1.29 is 4.79 Å². The number of hydrogen-bond donors (Lipinski definition) is 0. The molecule has 0 saturated heterocycles. The van der Waals surface area contributed by atoms with Gasteiger partial charge in [-0.3, -0.25) is 14.3 Å². The third-order valence-electron chi connectivity index (χ3n) is 4.46. The van der Waals surface area contributed by atoms with Crippen molar-refractivity contribution in [2.75, 3.05) is 13.6 Å². The highest BCUT2D eigenvalue weighted by atomic mass is 16.2. The smallest absolute Gasteiger partial charge is 0.231 e. The third kappa shape index (κ3) is 1.15. The van der Waals surface area contributed by atoms with Crippen molar-refractivity contribution in [1.82, 2.24) is 9.47 Å². The van der Waals surface area contributed by atoms with Crippen LogP contribution in [0, 0.1) is 0 Å². The van der Waals surface area contributed by atoms with Gasteiger partial charge in [-0.2, -0.15) is 0 Å². The maximum Gasteiger partial charge on any atom is 0.231 e. The Morgan fingerprint density at radius 2 is 2.06 bits per heavy atom. The summed E-state index contributed by atoms with van der Waals surface area (Å²) in [6.45, 7) is 1.10. The number of benzene rings is 1. The first-order chi connectivity index (χ1) is 8.77. The summed E-state index contributed by atoms with van der Waals surface area (Å²) in [7, 11) is 2.17. The van der Waals surface area contributed by atoms with Gasteiger partial charge in [0.25, 0.3) is 0 Å². The molecule has 92 valence electrons. The van der Waals surface area contributed by atoms with Crippen LogP contribution in [0.3, 0.4) is 0 Å². The molecule has 1 aromatic heterocycles. The van der Waals surface area contributed by atoms with Gasteiger partial charge in [-0.05, 0) is 31.5 Å². The Kier molecular flexibility index (Phi) is 1.98. The molecule has 0 fully saturated rings. The lowest BCUT2D eigenvalue weighted by Gasteiger charge is -2.36. The van der Waals surface area contributed by atoms with Crippen molar-refractivity contribution in [2.45, 2.75) is 25.3 Å². The van der Waals surface area contributed by atoms with Gasteiger partial charge in [0, 0.05) is 24.0 Å². The summed E-state index contributed by atoms with van der Waals surface area (Å²) in [5.74, 6) is 0.263. The standard InChI is InChI=1S/C15H16N2O/c1-16-9-8-11-10-4-2-3-5-12(10)17-14(18)7-6-13(16)15(11)17/h2-5,13H,6-9H2,1H3. The molecule has 1 atom stereocenters. The normalized spacial score (nSPS) is 23.4. The van der Waals surface area contributed by atoms with E-state index >= 15 is 0 Å². The van der Waals surface area contributed by atoms with Crippen molar-refractivity contribution in [1.29, 1.82) is 0 Å². The molecule has 0 bridgehead atoms. The molecule has 1 aromatic carbocycles. The van der Waals surface area contributed by atoms with Crippen LogP contribution in [0.4, 0.5) is 0 Å². The lowest BCUT2D eigenvalue weighted by Crippen LogP contribution is -2.37. The molecule has 3 nitrogen and oxygen atoms in total. The van der Waals surface area contributed by atoms with E-state index in [1.807, 2.05) is 10.6 Å². The fraction of sp³-hybridized carbons (Fsp3) is 0.400. The maximum atomic E-state index is 12.2. The molecule has 0 amide bonds. The highest BCUT2D eigenvalue weighted by Gasteiger charge is 2.35. The summed E-state index contributed by atoms with van der Waals surface area (Å²) in [4.78, 5) is 14.6. The average molecular weight is 240 g/mol. The Balaban J connectivity index is 2.13. The number of rotatable bonds is 0. The van der Waals surface area contributed by atoms with Crippen LogP contribution in [0.1, 0.15) is 34.9 Å². The number of para-hydroxylation sites is 1. The number of nitrogens with zero attached hydrogens (tertiary/aromatic N) is 2. The number of fused-ring (bicyclic) bond motifs is 3. The van der Waals surface area contributed by atoms with E-state index in [0.717, 1.165) is 24.9 Å². The Labute approximate surface area is 106 Å². The summed E-state index contributed by atoms with van der Waals surface area (Å²) in [6.07, 6.45) is 2.70. The summed E-state index contributed by atoms with van der Waals surface area (Å²) in [5.41, 5.74) is 3.77. The molecule has 18 heavy (non-hydrogen) atoms. The monoisotopic (exact) mass is 240 g/mol. The van der Waals surface area contributed by atoms with E-state index in [9.17, 15) is 4.79 Å². The van der Waals surface area contributed by atoms with Gasteiger partial charge < -0.3 is 0 Å². The molecule has 3 heteroatoms. The van der Waals surface area contributed by atoms with Gasteiger partial charge in [0.1, 0.15) is 0 Å². The van der Waals surface area contributed by atoms with Gasteiger partial charge in [0.15, 0.2) is 0 Å². The Morgan fingerprint density at radius 1 is 1.22 bits per heavy atom. The van der Waals surface area contributed by atoms with Crippen molar-refractivity contribution in [3.63, 3.8) is 0 Å². The predicted octanol–water partition coefficient (Wildman–Crippen LogP) is 2.60. The number of aromatic nitrogens is 1. The van der Waals surface area contributed by atoms with Crippen LogP contribution in [-0.4, -0.2) is 29.0 Å². The molecule has 2 aliphatic rings. The topological polar surface area (TPSA) is 25.2 Å². The first-order valence-electron chi connectivity index (χ1n) is 6.63. The van der Waals surface area contributed by atoms with Gasteiger partial charge in [-0.1, -0.05) is 18.2 Å². The van der Waals surface area contributed by atoms with Crippen LogP contribution in [-0.2, 0) is 6.42 Å². The molecule has 0 saturated carbocycles. The fourth-order valence-corrected chi connectivity index (χ4v) is 3.59. The number of hydrogen-bond acceptors (Lipinski definition) is 2. The minimum absolute atomic E-state index is 0.263. The van der Waals surface area contributed by atoms with Crippen LogP contribution in [0.5, 0.6) is 0 Å². The van der Waals surface area contributed by atoms with Crippen LogP contribution in [0.15, 0.2) is 24.3 Å².